The Hall–Kier alpha value is -1.88. The second-order valence-electron chi connectivity index (χ2n) is 4.85. The number of carboxylic acid groups (broad SMARTS) is 1. The van der Waals surface area contributed by atoms with Gasteiger partial charge < -0.3 is 15.9 Å². The number of carbonyl (C=O) groups is 2. The highest BCUT2D eigenvalue weighted by Gasteiger charge is 2.31. The molecule has 4 N–H and O–H groups in total. The second-order valence-corrected chi connectivity index (χ2v) is 4.85. The van der Waals surface area contributed by atoms with Gasteiger partial charge in [0.2, 0.25) is 0 Å². The van der Waals surface area contributed by atoms with Gasteiger partial charge in [0.25, 0.3) is 0 Å². The van der Waals surface area contributed by atoms with E-state index in [0.717, 1.165) is 19.3 Å². The molecule has 0 aliphatic rings. The lowest BCUT2D eigenvalue weighted by Gasteiger charge is -2.20. The van der Waals surface area contributed by atoms with E-state index in [9.17, 15) is 14.7 Å². The number of benzene rings is 1. The molecule has 5 heteroatoms. The van der Waals surface area contributed by atoms with Gasteiger partial charge in [0.05, 0.1) is 5.56 Å². The van der Waals surface area contributed by atoms with Crippen LogP contribution < -0.4 is 5.73 Å². The highest BCUT2D eigenvalue weighted by atomic mass is 16.4. The number of rotatable bonds is 8. The van der Waals surface area contributed by atoms with Crippen molar-refractivity contribution in [3.63, 3.8) is 0 Å². The second kappa shape index (κ2) is 7.65. The van der Waals surface area contributed by atoms with Gasteiger partial charge in [0.15, 0.2) is 5.78 Å². The largest absolute Gasteiger partial charge is 0.507 e. The van der Waals surface area contributed by atoms with E-state index in [2.05, 4.69) is 0 Å². The Kier molecular flexibility index (Phi) is 6.18. The monoisotopic (exact) mass is 279 g/mol. The van der Waals surface area contributed by atoms with Crippen molar-refractivity contribution < 1.29 is 19.8 Å². The minimum Gasteiger partial charge on any atom is -0.507 e. The molecule has 0 saturated heterocycles. The third-order valence-corrected chi connectivity index (χ3v) is 3.34. The third-order valence-electron chi connectivity index (χ3n) is 3.34. The maximum absolute atomic E-state index is 12.4. The lowest BCUT2D eigenvalue weighted by atomic mass is 9.86. The van der Waals surface area contributed by atoms with Gasteiger partial charge in [0.1, 0.15) is 11.8 Å². The summed E-state index contributed by atoms with van der Waals surface area (Å²) in [7, 11) is 0. The predicted octanol–water partition coefficient (Wildman–Crippen LogP) is 2.18. The van der Waals surface area contributed by atoms with Crippen molar-refractivity contribution in [1.29, 1.82) is 0 Å². The van der Waals surface area contributed by atoms with Crippen LogP contribution in [0.4, 0.5) is 0 Å². The zero-order chi connectivity index (χ0) is 15.1. The van der Waals surface area contributed by atoms with Crippen LogP contribution in [0, 0.1) is 5.92 Å². The van der Waals surface area contributed by atoms with Crippen LogP contribution >= 0.6 is 0 Å². The van der Waals surface area contributed by atoms with Crippen molar-refractivity contribution in [2.75, 3.05) is 0 Å². The number of aliphatic carboxylic acids is 1. The molecule has 5 nitrogen and oxygen atoms in total. The summed E-state index contributed by atoms with van der Waals surface area (Å²) in [6, 6.07) is 4.87. The third kappa shape index (κ3) is 4.06. The number of hydrogen-bond acceptors (Lipinski definition) is 4. The zero-order valence-electron chi connectivity index (χ0n) is 11.6. The van der Waals surface area contributed by atoms with Crippen molar-refractivity contribution in [3.05, 3.63) is 29.8 Å². The first-order valence-corrected chi connectivity index (χ1v) is 6.79. The maximum atomic E-state index is 12.4. The number of unbranched alkanes of at least 4 members (excludes halogenated alkanes) is 2. The topological polar surface area (TPSA) is 101 Å². The van der Waals surface area contributed by atoms with Crippen LogP contribution in [0.3, 0.4) is 0 Å². The van der Waals surface area contributed by atoms with Crippen molar-refractivity contribution in [1.82, 2.24) is 0 Å². The Morgan fingerprint density at radius 2 is 1.90 bits per heavy atom. The molecule has 1 aromatic rings. The number of carboxylic acids is 1. The highest BCUT2D eigenvalue weighted by Crippen LogP contribution is 2.24. The smallest absolute Gasteiger partial charge is 0.321 e. The SMILES string of the molecule is CCCCCC(C(=O)c1ccccc1O)C(N)C(=O)O. The van der Waals surface area contributed by atoms with Gasteiger partial charge in [-0.05, 0) is 18.6 Å². The van der Waals surface area contributed by atoms with Gasteiger partial charge in [-0.15, -0.1) is 0 Å². The molecule has 110 valence electrons. The van der Waals surface area contributed by atoms with Crippen LogP contribution in [0.25, 0.3) is 0 Å². The van der Waals surface area contributed by atoms with Gasteiger partial charge in [-0.1, -0.05) is 38.3 Å². The minimum atomic E-state index is -1.25. The van der Waals surface area contributed by atoms with Crippen molar-refractivity contribution in [3.8, 4) is 5.75 Å². The lowest BCUT2D eigenvalue weighted by molar-refractivity contribution is -0.139. The molecule has 0 heterocycles. The Morgan fingerprint density at radius 3 is 2.45 bits per heavy atom. The Bertz CT molecular complexity index is 473. The van der Waals surface area contributed by atoms with Crippen LogP contribution in [0.1, 0.15) is 43.0 Å². The van der Waals surface area contributed by atoms with E-state index in [4.69, 9.17) is 10.8 Å². The first-order chi connectivity index (χ1) is 9.49. The van der Waals surface area contributed by atoms with E-state index in [0.29, 0.717) is 6.42 Å². The first-order valence-electron chi connectivity index (χ1n) is 6.79. The number of aromatic hydroxyl groups is 1. The predicted molar refractivity (Wildman–Crippen MR) is 75.7 cm³/mol. The minimum absolute atomic E-state index is 0.130. The van der Waals surface area contributed by atoms with E-state index >= 15 is 0 Å². The van der Waals surface area contributed by atoms with Gasteiger partial charge in [0, 0.05) is 5.92 Å². The van der Waals surface area contributed by atoms with E-state index in [1.54, 1.807) is 12.1 Å². The fourth-order valence-corrected chi connectivity index (χ4v) is 2.14. The van der Waals surface area contributed by atoms with Crippen LogP contribution in [-0.2, 0) is 4.79 Å². The summed E-state index contributed by atoms with van der Waals surface area (Å²) in [4.78, 5) is 23.5. The molecular weight excluding hydrogens is 258 g/mol. The normalized spacial score (nSPS) is 13.7. The number of Topliss-reactive ketones (excluding diaryl/α,β-unsaturated/α-hetero) is 1. The van der Waals surface area contributed by atoms with E-state index in [1.807, 2.05) is 6.92 Å². The summed E-state index contributed by atoms with van der Waals surface area (Å²) < 4.78 is 0. The molecule has 0 spiro atoms. The highest BCUT2D eigenvalue weighted by molar-refractivity contribution is 6.02. The number of hydrogen-bond donors (Lipinski definition) is 3. The Balaban J connectivity index is 2.94. The molecule has 0 amide bonds. The fraction of sp³-hybridized carbons (Fsp3) is 0.467. The standard InChI is InChI=1S/C15H21NO4/c1-2-3-4-8-11(13(16)15(19)20)14(18)10-7-5-6-9-12(10)17/h5-7,9,11,13,17H,2-4,8,16H2,1H3,(H,19,20). The average Bonchev–Trinajstić information content (AvgIpc) is 2.43. The molecule has 0 radical (unpaired) electrons. The number of ketones is 1. The van der Waals surface area contributed by atoms with Crippen molar-refractivity contribution in [2.45, 2.75) is 38.6 Å². The molecule has 0 bridgehead atoms. The van der Waals surface area contributed by atoms with Gasteiger partial charge in [-0.3, -0.25) is 9.59 Å². The Morgan fingerprint density at radius 1 is 1.25 bits per heavy atom. The van der Waals surface area contributed by atoms with Crippen LogP contribution in [-0.4, -0.2) is 28.0 Å². The molecule has 1 rings (SSSR count). The summed E-state index contributed by atoms with van der Waals surface area (Å²) in [5.41, 5.74) is 5.76. The maximum Gasteiger partial charge on any atom is 0.321 e. The molecule has 20 heavy (non-hydrogen) atoms. The molecule has 1 aromatic carbocycles. The molecule has 2 unspecified atom stereocenters. The molecular formula is C15H21NO4. The van der Waals surface area contributed by atoms with E-state index in [-0.39, 0.29) is 11.3 Å². The van der Waals surface area contributed by atoms with Gasteiger partial charge >= 0.3 is 5.97 Å². The fourth-order valence-electron chi connectivity index (χ4n) is 2.14. The molecule has 0 saturated carbocycles. The average molecular weight is 279 g/mol. The number of phenolic OH excluding ortho intramolecular Hbond substituents is 1. The molecule has 0 aromatic heterocycles. The summed E-state index contributed by atoms with van der Waals surface area (Å²) >= 11 is 0. The summed E-state index contributed by atoms with van der Waals surface area (Å²) in [5.74, 6) is -2.56. The van der Waals surface area contributed by atoms with Gasteiger partial charge in [-0.25, -0.2) is 0 Å². The van der Waals surface area contributed by atoms with E-state index < -0.39 is 23.7 Å². The number of nitrogens with two attached hydrogens (primary N) is 1. The van der Waals surface area contributed by atoms with Gasteiger partial charge in [-0.2, -0.15) is 0 Å². The lowest BCUT2D eigenvalue weighted by Crippen LogP contribution is -2.42. The van der Waals surface area contributed by atoms with Crippen molar-refractivity contribution in [2.24, 2.45) is 11.7 Å². The number of phenols is 1. The van der Waals surface area contributed by atoms with E-state index in [1.165, 1.54) is 12.1 Å². The van der Waals surface area contributed by atoms with Crippen molar-refractivity contribution >= 4 is 11.8 Å². The molecule has 0 aliphatic carbocycles. The van der Waals surface area contributed by atoms with Crippen LogP contribution in [0.15, 0.2) is 24.3 Å². The summed E-state index contributed by atoms with van der Waals surface area (Å²) in [6.07, 6.45) is 3.03. The molecule has 0 aliphatic heterocycles. The van der Waals surface area contributed by atoms with Crippen LogP contribution in [0.2, 0.25) is 0 Å². The Labute approximate surface area is 118 Å². The number of para-hydroxylation sites is 1. The zero-order valence-corrected chi connectivity index (χ0v) is 11.6. The summed E-state index contributed by atoms with van der Waals surface area (Å²) in [6.45, 7) is 2.02. The number of carbonyl (C=O) groups excluding carboxylic acids is 1. The van der Waals surface area contributed by atoms with Crippen LogP contribution in [0.5, 0.6) is 5.75 Å². The summed E-state index contributed by atoms with van der Waals surface area (Å²) in [5, 5.41) is 18.7. The molecule has 2 atom stereocenters. The first kappa shape index (κ1) is 16.2. The quantitative estimate of drug-likeness (QED) is 0.500. The molecule has 0 fully saturated rings.